The highest BCUT2D eigenvalue weighted by Crippen LogP contribution is 2.18. The number of phenolic OH excluding ortho intramolecular Hbond substituents is 1. The summed E-state index contributed by atoms with van der Waals surface area (Å²) in [5, 5.41) is 12.6. The SMILES string of the molecule is CNCc1cc(COC(C)C)ccc1O. The van der Waals surface area contributed by atoms with Gasteiger partial charge in [0.25, 0.3) is 0 Å². The van der Waals surface area contributed by atoms with Crippen molar-refractivity contribution >= 4 is 0 Å². The average molecular weight is 209 g/mol. The lowest BCUT2D eigenvalue weighted by Gasteiger charge is -2.10. The molecule has 15 heavy (non-hydrogen) atoms. The molecule has 0 radical (unpaired) electrons. The molecule has 0 amide bonds. The highest BCUT2D eigenvalue weighted by molar-refractivity contribution is 5.35. The van der Waals surface area contributed by atoms with Gasteiger partial charge in [-0.1, -0.05) is 6.07 Å². The number of nitrogens with one attached hydrogen (secondary N) is 1. The van der Waals surface area contributed by atoms with Crippen LogP contribution in [0.2, 0.25) is 0 Å². The first-order chi connectivity index (χ1) is 7.13. The molecule has 0 atom stereocenters. The van der Waals surface area contributed by atoms with Gasteiger partial charge < -0.3 is 15.2 Å². The Hall–Kier alpha value is -1.06. The number of phenols is 1. The zero-order chi connectivity index (χ0) is 11.3. The van der Waals surface area contributed by atoms with Gasteiger partial charge in [0.1, 0.15) is 5.75 Å². The quantitative estimate of drug-likeness (QED) is 0.779. The molecule has 0 aliphatic carbocycles. The number of ether oxygens (including phenoxy) is 1. The molecule has 1 aromatic carbocycles. The van der Waals surface area contributed by atoms with Crippen LogP contribution in [-0.2, 0) is 17.9 Å². The lowest BCUT2D eigenvalue weighted by molar-refractivity contribution is 0.0656. The number of benzene rings is 1. The van der Waals surface area contributed by atoms with Crippen molar-refractivity contribution < 1.29 is 9.84 Å². The Kier molecular flexibility index (Phi) is 4.59. The van der Waals surface area contributed by atoms with E-state index in [0.29, 0.717) is 18.9 Å². The van der Waals surface area contributed by atoms with Crippen molar-refractivity contribution in [2.45, 2.75) is 33.1 Å². The Morgan fingerprint density at radius 1 is 1.40 bits per heavy atom. The lowest BCUT2D eigenvalue weighted by Crippen LogP contribution is -2.07. The summed E-state index contributed by atoms with van der Waals surface area (Å²) in [6, 6.07) is 5.57. The van der Waals surface area contributed by atoms with E-state index in [-0.39, 0.29) is 6.10 Å². The Bertz CT molecular complexity index is 310. The third kappa shape index (κ3) is 3.90. The maximum Gasteiger partial charge on any atom is 0.120 e. The van der Waals surface area contributed by atoms with E-state index in [9.17, 15) is 5.11 Å². The Balaban J connectivity index is 2.69. The molecular weight excluding hydrogens is 190 g/mol. The molecule has 0 heterocycles. The van der Waals surface area contributed by atoms with Crippen molar-refractivity contribution in [1.82, 2.24) is 5.32 Å². The van der Waals surface area contributed by atoms with Crippen molar-refractivity contribution in [3.63, 3.8) is 0 Å². The first-order valence-electron chi connectivity index (χ1n) is 5.20. The summed E-state index contributed by atoms with van der Waals surface area (Å²) in [4.78, 5) is 0. The van der Waals surface area contributed by atoms with Crippen molar-refractivity contribution in [1.29, 1.82) is 0 Å². The summed E-state index contributed by atoms with van der Waals surface area (Å²) >= 11 is 0. The van der Waals surface area contributed by atoms with Crippen LogP contribution in [0.3, 0.4) is 0 Å². The molecule has 84 valence electrons. The van der Waals surface area contributed by atoms with Crippen LogP contribution in [0.25, 0.3) is 0 Å². The fourth-order valence-corrected chi connectivity index (χ4v) is 1.32. The summed E-state index contributed by atoms with van der Waals surface area (Å²) in [6.45, 7) is 5.28. The Labute approximate surface area is 91.1 Å². The van der Waals surface area contributed by atoms with E-state index >= 15 is 0 Å². The normalized spacial score (nSPS) is 10.9. The largest absolute Gasteiger partial charge is 0.508 e. The molecule has 0 unspecified atom stereocenters. The molecule has 3 heteroatoms. The minimum atomic E-state index is 0.228. The van der Waals surface area contributed by atoms with E-state index in [0.717, 1.165) is 11.1 Å². The van der Waals surface area contributed by atoms with Gasteiger partial charge in [-0.2, -0.15) is 0 Å². The van der Waals surface area contributed by atoms with Gasteiger partial charge in [0.05, 0.1) is 12.7 Å². The van der Waals surface area contributed by atoms with Crippen LogP contribution in [0.4, 0.5) is 0 Å². The number of rotatable bonds is 5. The molecule has 0 aliphatic rings. The standard InChI is InChI=1S/C12H19NO2/c1-9(2)15-8-10-4-5-12(14)11(6-10)7-13-3/h4-6,9,13-14H,7-8H2,1-3H3. The second-order valence-corrected chi connectivity index (χ2v) is 3.85. The molecule has 1 rings (SSSR count). The summed E-state index contributed by atoms with van der Waals surface area (Å²) in [5.41, 5.74) is 1.99. The molecule has 0 saturated heterocycles. The van der Waals surface area contributed by atoms with E-state index in [1.165, 1.54) is 0 Å². The van der Waals surface area contributed by atoms with E-state index in [2.05, 4.69) is 5.32 Å². The smallest absolute Gasteiger partial charge is 0.120 e. The molecule has 0 aromatic heterocycles. The van der Waals surface area contributed by atoms with Crippen LogP contribution in [0.15, 0.2) is 18.2 Å². The van der Waals surface area contributed by atoms with Gasteiger partial charge in [-0.05, 0) is 38.6 Å². The zero-order valence-corrected chi connectivity index (χ0v) is 9.58. The van der Waals surface area contributed by atoms with E-state index in [1.807, 2.05) is 33.0 Å². The maximum atomic E-state index is 9.56. The van der Waals surface area contributed by atoms with Gasteiger partial charge in [0, 0.05) is 12.1 Å². The van der Waals surface area contributed by atoms with Gasteiger partial charge in [-0.3, -0.25) is 0 Å². The van der Waals surface area contributed by atoms with Crippen LogP contribution in [-0.4, -0.2) is 18.3 Å². The summed E-state index contributed by atoms with van der Waals surface area (Å²) in [5.74, 6) is 0.331. The number of aromatic hydroxyl groups is 1. The van der Waals surface area contributed by atoms with Crippen LogP contribution in [0, 0.1) is 0 Å². The Morgan fingerprint density at radius 2 is 2.13 bits per heavy atom. The van der Waals surface area contributed by atoms with Crippen molar-refractivity contribution in [3.8, 4) is 5.75 Å². The fourth-order valence-electron chi connectivity index (χ4n) is 1.32. The molecular formula is C12H19NO2. The minimum absolute atomic E-state index is 0.228. The highest BCUT2D eigenvalue weighted by Gasteiger charge is 2.02. The van der Waals surface area contributed by atoms with Gasteiger partial charge in [0.2, 0.25) is 0 Å². The van der Waals surface area contributed by atoms with E-state index in [1.54, 1.807) is 6.07 Å². The predicted octanol–water partition coefficient (Wildman–Crippen LogP) is 2.04. The fraction of sp³-hybridized carbons (Fsp3) is 0.500. The minimum Gasteiger partial charge on any atom is -0.508 e. The molecule has 0 bridgehead atoms. The molecule has 0 spiro atoms. The number of hydrogen-bond acceptors (Lipinski definition) is 3. The molecule has 1 aromatic rings. The first kappa shape index (κ1) is 12.0. The van der Waals surface area contributed by atoms with Gasteiger partial charge >= 0.3 is 0 Å². The second kappa shape index (κ2) is 5.73. The van der Waals surface area contributed by atoms with Crippen LogP contribution in [0.1, 0.15) is 25.0 Å². The Morgan fingerprint density at radius 3 is 2.73 bits per heavy atom. The molecule has 0 fully saturated rings. The van der Waals surface area contributed by atoms with Crippen LogP contribution in [0.5, 0.6) is 5.75 Å². The number of hydrogen-bond donors (Lipinski definition) is 2. The lowest BCUT2D eigenvalue weighted by atomic mass is 10.1. The van der Waals surface area contributed by atoms with Gasteiger partial charge in [0.15, 0.2) is 0 Å². The van der Waals surface area contributed by atoms with Gasteiger partial charge in [-0.25, -0.2) is 0 Å². The van der Waals surface area contributed by atoms with E-state index < -0.39 is 0 Å². The average Bonchev–Trinajstić information content (AvgIpc) is 2.19. The third-order valence-corrected chi connectivity index (χ3v) is 2.09. The van der Waals surface area contributed by atoms with Crippen molar-refractivity contribution in [3.05, 3.63) is 29.3 Å². The summed E-state index contributed by atoms with van der Waals surface area (Å²) in [7, 11) is 1.86. The van der Waals surface area contributed by atoms with Crippen molar-refractivity contribution in [2.75, 3.05) is 7.05 Å². The van der Waals surface area contributed by atoms with Gasteiger partial charge in [-0.15, -0.1) is 0 Å². The molecule has 2 N–H and O–H groups in total. The molecule has 0 aliphatic heterocycles. The summed E-state index contributed by atoms with van der Waals surface area (Å²) in [6.07, 6.45) is 0.228. The van der Waals surface area contributed by atoms with Crippen molar-refractivity contribution in [2.24, 2.45) is 0 Å². The highest BCUT2D eigenvalue weighted by atomic mass is 16.5. The first-order valence-corrected chi connectivity index (χ1v) is 5.20. The maximum absolute atomic E-state index is 9.56. The second-order valence-electron chi connectivity index (χ2n) is 3.85. The monoisotopic (exact) mass is 209 g/mol. The predicted molar refractivity (Wildman–Crippen MR) is 60.8 cm³/mol. The zero-order valence-electron chi connectivity index (χ0n) is 9.58. The van der Waals surface area contributed by atoms with Crippen LogP contribution >= 0.6 is 0 Å². The third-order valence-electron chi connectivity index (χ3n) is 2.09. The topological polar surface area (TPSA) is 41.5 Å². The molecule has 3 nitrogen and oxygen atoms in total. The van der Waals surface area contributed by atoms with E-state index in [4.69, 9.17) is 4.74 Å². The molecule has 0 saturated carbocycles. The van der Waals surface area contributed by atoms with Crippen LogP contribution < -0.4 is 5.32 Å². The summed E-state index contributed by atoms with van der Waals surface area (Å²) < 4.78 is 5.50.